The molecule has 206 valence electrons. The van der Waals surface area contributed by atoms with E-state index in [1.54, 1.807) is 6.20 Å². The minimum Gasteiger partial charge on any atom is -0.505 e. The maximum Gasteiger partial charge on any atom is 0.217 e. The normalized spacial score (nSPS) is 12.2. The summed E-state index contributed by atoms with van der Waals surface area (Å²) in [6.07, 6.45) is 1.79. The van der Waals surface area contributed by atoms with E-state index in [9.17, 15) is 5.11 Å². The Kier molecular flexibility index (Phi) is 7.00. The fourth-order valence-electron chi connectivity index (χ4n) is 5.30. The molecular weight excluding hydrogens is 677 g/mol. The zero-order valence-corrected chi connectivity index (χ0v) is 25.8. The molecule has 3 heterocycles. The average Bonchev–Trinajstić information content (AvgIpc) is 3.21. The Labute approximate surface area is 249 Å². The molecule has 6 rings (SSSR count). The molecule has 0 aliphatic heterocycles. The third-order valence-electron chi connectivity index (χ3n) is 7.20. The van der Waals surface area contributed by atoms with E-state index in [2.05, 4.69) is 81.4 Å². The second-order valence-electron chi connectivity index (χ2n) is 12.1. The summed E-state index contributed by atoms with van der Waals surface area (Å²) in [6.45, 7) is 12.7. The number of aromatic nitrogens is 3. The third-order valence-corrected chi connectivity index (χ3v) is 7.20. The topological polar surface area (TPSA) is 60.2 Å². The second kappa shape index (κ2) is 10.0. The van der Waals surface area contributed by atoms with Crippen LogP contribution in [0, 0.1) is 6.07 Å². The van der Waals surface area contributed by atoms with Gasteiger partial charge in [0.1, 0.15) is 17.1 Å². The zero-order valence-electron chi connectivity index (χ0n) is 23.5. The fourth-order valence-corrected chi connectivity index (χ4v) is 5.30. The molecule has 6 heteroatoms. The van der Waals surface area contributed by atoms with Gasteiger partial charge in [0.15, 0.2) is 0 Å². The SMILES string of the molecule is CC(C)(C)c1ccc2c(C(C)(C)C)cc(Oc3[c-]c4c(cc3)c3ccccc3n4-c3ccccn3)nc2c1O.[Pt]. The fraction of sp³-hybridized carbons (Fsp3) is 0.235. The minimum absolute atomic E-state index is 0. The van der Waals surface area contributed by atoms with Crippen LogP contribution in [0.4, 0.5) is 0 Å². The first-order valence-corrected chi connectivity index (χ1v) is 13.2. The van der Waals surface area contributed by atoms with Crippen LogP contribution in [0.1, 0.15) is 52.7 Å². The molecule has 0 atom stereocenters. The van der Waals surface area contributed by atoms with E-state index >= 15 is 0 Å². The maximum atomic E-state index is 11.3. The van der Waals surface area contributed by atoms with Crippen LogP contribution in [0.5, 0.6) is 17.4 Å². The third kappa shape index (κ3) is 4.77. The standard InChI is InChI=1S/C34H32N3O2.Pt/c1-33(2,3)25-17-16-24-26(34(4,5)6)20-30(36-31(24)32(25)38)39-21-14-15-23-22-11-7-8-12-27(22)37(28(23)19-21)29-13-9-10-18-35-29;/h7-18,20,38H,1-6H3;/q-1;. The predicted octanol–water partition coefficient (Wildman–Crippen LogP) is 8.62. The number of aromatic hydroxyl groups is 1. The Morgan fingerprint density at radius 3 is 2.17 bits per heavy atom. The number of benzene rings is 3. The first-order valence-electron chi connectivity index (χ1n) is 13.2. The molecule has 0 saturated carbocycles. The largest absolute Gasteiger partial charge is 0.505 e. The maximum absolute atomic E-state index is 11.3. The number of nitrogens with zero attached hydrogens (tertiary/aromatic N) is 3. The summed E-state index contributed by atoms with van der Waals surface area (Å²) in [5.74, 6) is 1.98. The van der Waals surface area contributed by atoms with Crippen LogP contribution in [0.2, 0.25) is 0 Å². The number of phenols is 1. The van der Waals surface area contributed by atoms with E-state index in [1.807, 2.05) is 48.5 Å². The number of ether oxygens (including phenoxy) is 1. The van der Waals surface area contributed by atoms with Crippen LogP contribution in [-0.4, -0.2) is 19.6 Å². The molecule has 3 aromatic carbocycles. The number of rotatable bonds is 3. The molecule has 0 unspecified atom stereocenters. The first kappa shape index (κ1) is 27.9. The number of fused-ring (bicyclic) bond motifs is 4. The van der Waals surface area contributed by atoms with Gasteiger partial charge in [0.05, 0.1) is 0 Å². The molecule has 6 aromatic rings. The van der Waals surface area contributed by atoms with Crippen LogP contribution < -0.4 is 4.74 Å². The average molecular weight is 710 g/mol. The molecule has 0 spiro atoms. The predicted molar refractivity (Wildman–Crippen MR) is 158 cm³/mol. The number of hydrogen-bond acceptors (Lipinski definition) is 4. The van der Waals surface area contributed by atoms with Crippen LogP contribution in [-0.2, 0) is 31.9 Å². The van der Waals surface area contributed by atoms with Crippen molar-refractivity contribution in [1.29, 1.82) is 0 Å². The van der Waals surface area contributed by atoms with E-state index < -0.39 is 0 Å². The van der Waals surface area contributed by atoms with Gasteiger partial charge in [-0.25, -0.2) is 9.97 Å². The van der Waals surface area contributed by atoms with E-state index in [-0.39, 0.29) is 37.6 Å². The van der Waals surface area contributed by atoms with E-state index in [4.69, 9.17) is 9.72 Å². The van der Waals surface area contributed by atoms with Crippen molar-refractivity contribution in [2.75, 3.05) is 0 Å². The summed E-state index contributed by atoms with van der Waals surface area (Å²) in [7, 11) is 0. The molecule has 3 aromatic heterocycles. The summed E-state index contributed by atoms with van der Waals surface area (Å²) in [4.78, 5) is 9.42. The summed E-state index contributed by atoms with van der Waals surface area (Å²) in [5, 5.41) is 14.4. The van der Waals surface area contributed by atoms with Gasteiger partial charge in [-0.2, -0.15) is 6.07 Å². The Bertz CT molecular complexity index is 1860. The van der Waals surface area contributed by atoms with Gasteiger partial charge in [-0.05, 0) is 40.0 Å². The van der Waals surface area contributed by atoms with Crippen LogP contribution in [0.15, 0.2) is 79.0 Å². The van der Waals surface area contributed by atoms with Gasteiger partial charge in [0, 0.05) is 55.5 Å². The Morgan fingerprint density at radius 2 is 1.48 bits per heavy atom. The van der Waals surface area contributed by atoms with Gasteiger partial charge >= 0.3 is 0 Å². The Balaban J connectivity index is 0.00000323. The summed E-state index contributed by atoms with van der Waals surface area (Å²) < 4.78 is 8.49. The van der Waals surface area contributed by atoms with Crippen molar-refractivity contribution < 1.29 is 30.9 Å². The van der Waals surface area contributed by atoms with Crippen molar-refractivity contribution in [3.05, 3.63) is 96.2 Å². The Morgan fingerprint density at radius 1 is 0.775 bits per heavy atom. The van der Waals surface area contributed by atoms with Gasteiger partial charge in [-0.3, -0.25) is 0 Å². The number of phenolic OH excluding ortho intramolecular Hbond substituents is 1. The molecule has 0 aliphatic carbocycles. The van der Waals surface area contributed by atoms with Gasteiger partial charge in [0.2, 0.25) is 5.88 Å². The van der Waals surface area contributed by atoms with Crippen molar-refractivity contribution in [3.8, 4) is 23.2 Å². The van der Waals surface area contributed by atoms with Crippen molar-refractivity contribution in [3.63, 3.8) is 0 Å². The molecule has 0 amide bonds. The van der Waals surface area contributed by atoms with Gasteiger partial charge < -0.3 is 14.4 Å². The van der Waals surface area contributed by atoms with Crippen molar-refractivity contribution in [2.45, 2.75) is 52.4 Å². The Hall–Kier alpha value is -3.69. The van der Waals surface area contributed by atoms with E-state index in [0.29, 0.717) is 17.1 Å². The summed E-state index contributed by atoms with van der Waals surface area (Å²) in [6, 6.07) is 27.7. The van der Waals surface area contributed by atoms with Crippen LogP contribution in [0.3, 0.4) is 0 Å². The molecule has 0 fully saturated rings. The van der Waals surface area contributed by atoms with Gasteiger partial charge in [0.25, 0.3) is 0 Å². The van der Waals surface area contributed by atoms with Crippen molar-refractivity contribution >= 4 is 32.7 Å². The molecule has 0 aliphatic rings. The monoisotopic (exact) mass is 709 g/mol. The number of para-hydroxylation sites is 1. The summed E-state index contributed by atoms with van der Waals surface area (Å²) in [5.41, 5.74) is 3.98. The van der Waals surface area contributed by atoms with Gasteiger partial charge in [-0.15, -0.1) is 17.5 Å². The summed E-state index contributed by atoms with van der Waals surface area (Å²) >= 11 is 0. The number of pyridine rings is 2. The molecule has 5 nitrogen and oxygen atoms in total. The molecule has 0 bridgehead atoms. The molecule has 0 saturated heterocycles. The molecule has 1 N–H and O–H groups in total. The smallest absolute Gasteiger partial charge is 0.217 e. The minimum atomic E-state index is -0.226. The van der Waals surface area contributed by atoms with E-state index in [0.717, 1.165) is 44.1 Å². The molecule has 0 radical (unpaired) electrons. The van der Waals surface area contributed by atoms with Crippen molar-refractivity contribution in [2.24, 2.45) is 0 Å². The molecule has 40 heavy (non-hydrogen) atoms. The van der Waals surface area contributed by atoms with Gasteiger partial charge in [-0.1, -0.05) is 83.5 Å². The second-order valence-corrected chi connectivity index (χ2v) is 12.1. The van der Waals surface area contributed by atoms with Crippen molar-refractivity contribution in [1.82, 2.24) is 14.5 Å². The van der Waals surface area contributed by atoms with E-state index in [1.165, 1.54) is 0 Å². The first-order chi connectivity index (χ1) is 18.5. The van der Waals surface area contributed by atoms with Crippen LogP contribution in [0.25, 0.3) is 38.5 Å². The number of hydrogen-bond donors (Lipinski definition) is 1. The molecular formula is C34H32N3O2Pt-. The quantitative estimate of drug-likeness (QED) is 0.187. The zero-order chi connectivity index (χ0) is 27.5. The van der Waals surface area contributed by atoms with Crippen LogP contribution >= 0.6 is 0 Å².